The summed E-state index contributed by atoms with van der Waals surface area (Å²) < 4.78 is 18.0. The maximum absolute atomic E-state index is 10.1. The first kappa shape index (κ1) is 14.7. The Bertz CT molecular complexity index is 360. The van der Waals surface area contributed by atoms with Crippen LogP contribution in [0.15, 0.2) is 30.3 Å². The minimum Gasteiger partial charge on any atom is -0.303 e. The molecule has 0 bridgehead atoms. The highest BCUT2D eigenvalue weighted by Crippen LogP contribution is 2.40. The van der Waals surface area contributed by atoms with Crippen LogP contribution in [0.25, 0.3) is 0 Å². The smallest absolute Gasteiger partial charge is 0.303 e. The van der Waals surface area contributed by atoms with Crippen molar-refractivity contribution in [1.82, 2.24) is 0 Å². The third kappa shape index (κ3) is 6.26. The molecule has 1 aromatic carbocycles. The van der Waals surface area contributed by atoms with Gasteiger partial charge in [0, 0.05) is 26.4 Å². The quantitative estimate of drug-likeness (QED) is 0.499. The predicted molar refractivity (Wildman–Crippen MR) is 56.9 cm³/mol. The van der Waals surface area contributed by atoms with E-state index >= 15 is 0 Å². The number of hydrogen-bond donors (Lipinski definition) is 1. The fourth-order valence-corrected chi connectivity index (χ4v) is 0.773. The monoisotopic (exact) mass is 249 g/mol. The van der Waals surface area contributed by atoms with Gasteiger partial charge in [-0.25, -0.2) is 4.57 Å². The lowest BCUT2D eigenvalue weighted by Gasteiger charge is -2.01. The van der Waals surface area contributed by atoms with Gasteiger partial charge >= 0.3 is 7.82 Å². The van der Waals surface area contributed by atoms with Crippen molar-refractivity contribution in [3.63, 3.8) is 0 Å². The van der Waals surface area contributed by atoms with Gasteiger partial charge in [-0.3, -0.25) is 19.2 Å². The van der Waals surface area contributed by atoms with E-state index < -0.39 is 12.7 Å². The van der Waals surface area contributed by atoms with E-state index in [9.17, 15) is 14.7 Å². The van der Waals surface area contributed by atoms with Crippen molar-refractivity contribution in [1.29, 1.82) is 0 Å². The summed E-state index contributed by atoms with van der Waals surface area (Å²) in [5.41, 5.74) is 0.137. The fourth-order valence-electron chi connectivity index (χ4n) is 0.624. The number of rotatable bonds is 3. The molecule has 16 heavy (non-hydrogen) atoms. The van der Waals surface area contributed by atoms with Crippen LogP contribution in [0.5, 0.6) is 0 Å². The Labute approximate surface area is 92.4 Å². The zero-order valence-electron chi connectivity index (χ0n) is 8.77. The van der Waals surface area contributed by atoms with Gasteiger partial charge in [-0.2, -0.15) is 0 Å². The first-order valence-electron chi connectivity index (χ1n) is 4.06. The summed E-state index contributed by atoms with van der Waals surface area (Å²) in [5, 5.41) is 10.0. The van der Waals surface area contributed by atoms with E-state index in [0.29, 0.717) is 0 Å². The first-order chi connectivity index (χ1) is 7.43. The molecule has 8 heteroatoms. The molecule has 0 fully saturated rings. The average Bonchev–Trinajstić information content (AvgIpc) is 2.31. The molecule has 0 atom stereocenters. The minimum absolute atomic E-state index is 0.137. The third-order valence-corrected chi connectivity index (χ3v) is 2.35. The number of para-hydroxylation sites is 1. The molecule has 0 aromatic heterocycles. The Morgan fingerprint density at radius 3 is 1.88 bits per heavy atom. The summed E-state index contributed by atoms with van der Waals surface area (Å²) in [6.07, 6.45) is 0. The molecular weight excluding hydrogens is 237 g/mol. The summed E-state index contributed by atoms with van der Waals surface area (Å²) in [7, 11) is -1.45. The largest absolute Gasteiger partial charge is 0.471 e. The number of benzene rings is 1. The molecule has 90 valence electrons. The van der Waals surface area contributed by atoms with Crippen molar-refractivity contribution in [3.8, 4) is 0 Å². The van der Waals surface area contributed by atoms with Crippen LogP contribution >= 0.6 is 7.82 Å². The van der Waals surface area contributed by atoms with Crippen LogP contribution in [0.4, 0.5) is 5.69 Å². The van der Waals surface area contributed by atoms with Crippen LogP contribution in [-0.2, 0) is 13.6 Å². The molecule has 1 aromatic rings. The van der Waals surface area contributed by atoms with Gasteiger partial charge in [0.2, 0.25) is 0 Å². The minimum atomic E-state index is -3.65. The second kappa shape index (κ2) is 7.08. The summed E-state index contributed by atoms with van der Waals surface area (Å²) >= 11 is 0. The van der Waals surface area contributed by atoms with Gasteiger partial charge in [0.1, 0.15) is 0 Å². The number of nitrogens with zero attached hydrogens (tertiary/aromatic N) is 1. The molecule has 0 saturated carbocycles. The number of nitro groups is 1. The van der Waals surface area contributed by atoms with Crippen molar-refractivity contribution in [3.05, 3.63) is 40.4 Å². The molecule has 7 nitrogen and oxygen atoms in total. The lowest BCUT2D eigenvalue weighted by atomic mass is 10.3. The van der Waals surface area contributed by atoms with Gasteiger partial charge < -0.3 is 4.89 Å². The van der Waals surface area contributed by atoms with E-state index in [1.807, 2.05) is 0 Å². The fraction of sp³-hybridized carbons (Fsp3) is 0.250. The second-order valence-electron chi connectivity index (χ2n) is 2.43. The van der Waals surface area contributed by atoms with Gasteiger partial charge in [-0.15, -0.1) is 0 Å². The summed E-state index contributed by atoms with van der Waals surface area (Å²) in [6, 6.07) is 7.93. The molecular formula is C8H12NO6P. The maximum atomic E-state index is 10.1. The highest BCUT2D eigenvalue weighted by molar-refractivity contribution is 7.47. The summed E-state index contributed by atoms with van der Waals surface area (Å²) in [4.78, 5) is 17.8. The number of nitro benzene ring substituents is 1. The van der Waals surface area contributed by atoms with Gasteiger partial charge in [0.05, 0.1) is 4.92 Å². The van der Waals surface area contributed by atoms with Gasteiger partial charge in [-0.1, -0.05) is 18.2 Å². The van der Waals surface area contributed by atoms with Crippen molar-refractivity contribution in [2.75, 3.05) is 14.2 Å². The van der Waals surface area contributed by atoms with E-state index in [-0.39, 0.29) is 5.69 Å². The van der Waals surface area contributed by atoms with Gasteiger partial charge in [-0.05, 0) is 0 Å². The zero-order valence-corrected chi connectivity index (χ0v) is 9.66. The number of phosphoric acid groups is 1. The highest BCUT2D eigenvalue weighted by Gasteiger charge is 2.13. The van der Waals surface area contributed by atoms with Crippen molar-refractivity contribution >= 4 is 13.5 Å². The van der Waals surface area contributed by atoms with E-state index in [1.165, 1.54) is 12.1 Å². The average molecular weight is 249 g/mol. The van der Waals surface area contributed by atoms with Crippen LogP contribution in [0.2, 0.25) is 0 Å². The lowest BCUT2D eigenvalue weighted by molar-refractivity contribution is -0.384. The number of phosphoric ester groups is 1. The lowest BCUT2D eigenvalue weighted by Crippen LogP contribution is -1.84. The first-order valence-corrected chi connectivity index (χ1v) is 5.56. The van der Waals surface area contributed by atoms with E-state index in [0.717, 1.165) is 14.2 Å². The predicted octanol–water partition coefficient (Wildman–Crippen LogP) is 1.97. The Kier molecular flexibility index (Phi) is 6.52. The Morgan fingerprint density at radius 2 is 1.69 bits per heavy atom. The van der Waals surface area contributed by atoms with Crippen molar-refractivity contribution < 1.29 is 23.4 Å². The van der Waals surface area contributed by atoms with Crippen LogP contribution < -0.4 is 0 Å². The highest BCUT2D eigenvalue weighted by atomic mass is 31.2. The molecule has 0 radical (unpaired) electrons. The van der Waals surface area contributed by atoms with Gasteiger partial charge in [0.25, 0.3) is 5.69 Å². The standard InChI is InChI=1S/C6H5NO2.C2H7O4P/c8-7(9)6-4-2-1-3-5-6;1-5-7(3,4)6-2/h1-5H;1-2H3,(H,3,4). The van der Waals surface area contributed by atoms with E-state index in [2.05, 4.69) is 9.05 Å². The Morgan fingerprint density at radius 1 is 1.25 bits per heavy atom. The van der Waals surface area contributed by atoms with E-state index in [1.54, 1.807) is 18.2 Å². The zero-order chi connectivity index (χ0) is 12.6. The molecule has 1 N–H and O–H groups in total. The third-order valence-electron chi connectivity index (χ3n) is 1.43. The van der Waals surface area contributed by atoms with Crippen LogP contribution in [0.1, 0.15) is 0 Å². The number of hydrogen-bond acceptors (Lipinski definition) is 5. The van der Waals surface area contributed by atoms with Crippen LogP contribution in [0, 0.1) is 10.1 Å². The molecule has 0 amide bonds. The Balaban J connectivity index is 0.000000293. The SMILES string of the molecule is COP(=O)(O)OC.O=[N+]([O-])c1ccccc1. The maximum Gasteiger partial charge on any atom is 0.471 e. The van der Waals surface area contributed by atoms with Crippen molar-refractivity contribution in [2.45, 2.75) is 0 Å². The molecule has 1 rings (SSSR count). The number of non-ortho nitro benzene ring substituents is 1. The van der Waals surface area contributed by atoms with Gasteiger partial charge in [0.15, 0.2) is 0 Å². The molecule has 0 aliphatic rings. The van der Waals surface area contributed by atoms with Crippen molar-refractivity contribution in [2.24, 2.45) is 0 Å². The normalized spacial score (nSPS) is 10.2. The Hall–Kier alpha value is -1.27. The summed E-state index contributed by atoms with van der Waals surface area (Å²) in [5.74, 6) is 0. The second-order valence-corrected chi connectivity index (χ2v) is 4.09. The van der Waals surface area contributed by atoms with Crippen LogP contribution in [0.3, 0.4) is 0 Å². The molecule has 0 aliphatic carbocycles. The molecule has 0 unspecified atom stereocenters. The molecule has 0 saturated heterocycles. The molecule has 0 aliphatic heterocycles. The summed E-state index contributed by atoms with van der Waals surface area (Å²) in [6.45, 7) is 0. The molecule has 0 spiro atoms. The molecule has 0 heterocycles. The van der Waals surface area contributed by atoms with Crippen LogP contribution in [-0.4, -0.2) is 24.0 Å². The topological polar surface area (TPSA) is 98.9 Å². The van der Waals surface area contributed by atoms with E-state index in [4.69, 9.17) is 4.89 Å².